The van der Waals surface area contributed by atoms with E-state index in [1.807, 2.05) is 99.6 Å². The second-order valence-corrected chi connectivity index (χ2v) is 10.4. The number of anilines is 2. The first-order valence-corrected chi connectivity index (χ1v) is 13.2. The molecule has 0 aliphatic rings. The molecular formula is C30H37N3O5S. The molecule has 1 amide bonds. The molecule has 0 radical (unpaired) electrons. The van der Waals surface area contributed by atoms with Gasteiger partial charge in [0, 0.05) is 17.9 Å². The Kier molecular flexibility index (Phi) is 11.0. The van der Waals surface area contributed by atoms with Crippen LogP contribution in [0.25, 0.3) is 0 Å². The van der Waals surface area contributed by atoms with Crippen LogP contribution in [0.15, 0.2) is 78.9 Å². The topological polar surface area (TPSA) is 92.3 Å². The van der Waals surface area contributed by atoms with E-state index in [9.17, 15) is 9.90 Å². The average Bonchev–Trinajstić information content (AvgIpc) is 2.90. The zero-order valence-electron chi connectivity index (χ0n) is 22.8. The molecule has 39 heavy (non-hydrogen) atoms. The number of rotatable bonds is 11. The van der Waals surface area contributed by atoms with E-state index in [1.165, 1.54) is 4.90 Å². The molecule has 3 rings (SSSR count). The summed E-state index contributed by atoms with van der Waals surface area (Å²) >= 11 is 5.42. The number of aliphatic hydroxyl groups excluding tert-OH is 1. The van der Waals surface area contributed by atoms with Crippen molar-refractivity contribution in [1.82, 2.24) is 4.90 Å². The first-order chi connectivity index (χ1) is 18.6. The van der Waals surface area contributed by atoms with Crippen LogP contribution >= 0.6 is 12.2 Å². The van der Waals surface area contributed by atoms with E-state index in [2.05, 4.69) is 10.6 Å². The van der Waals surface area contributed by atoms with Gasteiger partial charge in [0.1, 0.15) is 29.8 Å². The molecule has 208 valence electrons. The van der Waals surface area contributed by atoms with E-state index in [-0.39, 0.29) is 13.2 Å². The van der Waals surface area contributed by atoms with E-state index < -0.39 is 17.8 Å². The van der Waals surface area contributed by atoms with Crippen molar-refractivity contribution >= 4 is 34.8 Å². The quantitative estimate of drug-likeness (QED) is 0.261. The highest BCUT2D eigenvalue weighted by Crippen LogP contribution is 2.17. The minimum atomic E-state index is -0.872. The molecule has 3 aromatic carbocycles. The molecule has 1 atom stereocenters. The second-order valence-electron chi connectivity index (χ2n) is 9.96. The molecule has 0 spiro atoms. The Hall–Kier alpha value is -3.82. The third-order valence-corrected chi connectivity index (χ3v) is 5.70. The van der Waals surface area contributed by atoms with Gasteiger partial charge in [-0.1, -0.05) is 30.3 Å². The number of benzene rings is 3. The van der Waals surface area contributed by atoms with Crippen LogP contribution < -0.4 is 20.1 Å². The van der Waals surface area contributed by atoms with Crippen LogP contribution in [0.4, 0.5) is 16.2 Å². The van der Waals surface area contributed by atoms with Crippen molar-refractivity contribution < 1.29 is 24.1 Å². The molecule has 0 saturated heterocycles. The maximum Gasteiger partial charge on any atom is 0.410 e. The van der Waals surface area contributed by atoms with Gasteiger partial charge in [0.25, 0.3) is 0 Å². The maximum atomic E-state index is 12.9. The Morgan fingerprint density at radius 1 is 0.923 bits per heavy atom. The predicted octanol–water partition coefficient (Wildman–Crippen LogP) is 5.72. The lowest BCUT2D eigenvalue weighted by Crippen LogP contribution is -2.43. The number of ether oxygens (including phenoxy) is 3. The van der Waals surface area contributed by atoms with Crippen LogP contribution in [-0.2, 0) is 11.2 Å². The summed E-state index contributed by atoms with van der Waals surface area (Å²) in [5.74, 6) is 1.43. The van der Waals surface area contributed by atoms with Gasteiger partial charge >= 0.3 is 6.09 Å². The molecular weight excluding hydrogens is 514 g/mol. The molecule has 0 fully saturated rings. The highest BCUT2D eigenvalue weighted by Gasteiger charge is 2.24. The molecule has 0 aliphatic carbocycles. The number of hydrogen-bond acceptors (Lipinski definition) is 6. The zero-order valence-corrected chi connectivity index (χ0v) is 23.7. The minimum absolute atomic E-state index is 0.0636. The third kappa shape index (κ3) is 10.8. The number of carbonyl (C=O) groups excluding carboxylic acids is 1. The lowest BCUT2D eigenvalue weighted by molar-refractivity contribution is 0.00945. The number of thiocarbonyl (C=S) groups is 1. The van der Waals surface area contributed by atoms with Crippen LogP contribution in [0.2, 0.25) is 0 Å². The number of methoxy groups -OCH3 is 1. The van der Waals surface area contributed by atoms with E-state index in [0.29, 0.717) is 23.8 Å². The van der Waals surface area contributed by atoms with Gasteiger partial charge in [-0.3, -0.25) is 0 Å². The van der Waals surface area contributed by atoms with E-state index in [4.69, 9.17) is 26.4 Å². The highest BCUT2D eigenvalue weighted by molar-refractivity contribution is 7.80. The summed E-state index contributed by atoms with van der Waals surface area (Å²) in [5.41, 5.74) is 2.07. The molecule has 0 bridgehead atoms. The summed E-state index contributed by atoms with van der Waals surface area (Å²) in [6.45, 7) is 5.98. The number of nitrogens with one attached hydrogen (secondary N) is 2. The smallest absolute Gasteiger partial charge is 0.410 e. The fourth-order valence-electron chi connectivity index (χ4n) is 3.59. The van der Waals surface area contributed by atoms with Crippen LogP contribution in [0.3, 0.4) is 0 Å². The SMILES string of the molecule is COc1ccc(NC(=S)Nc2ccc(CCN(C[C@H](O)COc3ccccc3)C(=O)OC(C)(C)C)cc2)cc1. The number of carbonyl (C=O) groups is 1. The number of para-hydroxylation sites is 1. The Balaban J connectivity index is 1.53. The predicted molar refractivity (Wildman–Crippen MR) is 159 cm³/mol. The van der Waals surface area contributed by atoms with Crippen molar-refractivity contribution in [2.75, 3.05) is 37.4 Å². The van der Waals surface area contributed by atoms with E-state index in [0.717, 1.165) is 22.7 Å². The van der Waals surface area contributed by atoms with Crippen molar-refractivity contribution in [3.05, 3.63) is 84.4 Å². The van der Waals surface area contributed by atoms with Gasteiger partial charge in [0.05, 0.1) is 13.7 Å². The van der Waals surface area contributed by atoms with E-state index >= 15 is 0 Å². The summed E-state index contributed by atoms with van der Waals surface area (Å²) in [4.78, 5) is 14.4. The fourth-order valence-corrected chi connectivity index (χ4v) is 3.82. The first-order valence-electron chi connectivity index (χ1n) is 12.8. The van der Waals surface area contributed by atoms with Gasteiger partial charge < -0.3 is 34.9 Å². The average molecular weight is 552 g/mol. The van der Waals surface area contributed by atoms with Crippen molar-refractivity contribution in [3.8, 4) is 11.5 Å². The summed E-state index contributed by atoms with van der Waals surface area (Å²) in [5, 5.41) is 17.3. The summed E-state index contributed by atoms with van der Waals surface area (Å²) < 4.78 is 16.4. The monoisotopic (exact) mass is 551 g/mol. The second kappa shape index (κ2) is 14.4. The number of nitrogens with zero attached hydrogens (tertiary/aromatic N) is 1. The lowest BCUT2D eigenvalue weighted by Gasteiger charge is -2.29. The van der Waals surface area contributed by atoms with Gasteiger partial charge in [-0.2, -0.15) is 0 Å². The highest BCUT2D eigenvalue weighted by atomic mass is 32.1. The van der Waals surface area contributed by atoms with Gasteiger partial charge in [0.15, 0.2) is 5.11 Å². The first kappa shape index (κ1) is 29.7. The van der Waals surface area contributed by atoms with Crippen LogP contribution in [-0.4, -0.2) is 59.7 Å². The Morgan fingerprint density at radius 3 is 2.08 bits per heavy atom. The normalized spacial score (nSPS) is 11.7. The summed E-state index contributed by atoms with van der Waals surface area (Å²) in [6, 6.07) is 24.5. The zero-order chi connectivity index (χ0) is 28.3. The molecule has 0 heterocycles. The van der Waals surface area contributed by atoms with Gasteiger partial charge in [0.2, 0.25) is 0 Å². The molecule has 8 nitrogen and oxygen atoms in total. The molecule has 0 aliphatic heterocycles. The standard InChI is InChI=1S/C30H37N3O5S/c1-30(2,3)38-29(35)33(20-25(34)21-37-27-8-6-5-7-9-27)19-18-22-10-12-23(13-11-22)31-28(39)32-24-14-16-26(36-4)17-15-24/h5-17,25,34H,18-21H2,1-4H3,(H2,31,32,39)/t25-/m0/s1. The van der Waals surface area contributed by atoms with Gasteiger partial charge in [-0.15, -0.1) is 0 Å². The molecule has 0 saturated carbocycles. The van der Waals surface area contributed by atoms with Crippen LogP contribution in [0, 0.1) is 0 Å². The Labute approximate surface area is 235 Å². The van der Waals surface area contributed by atoms with Crippen molar-refractivity contribution in [2.45, 2.75) is 38.9 Å². The number of hydrogen-bond donors (Lipinski definition) is 3. The van der Waals surface area contributed by atoms with Crippen molar-refractivity contribution in [3.63, 3.8) is 0 Å². The molecule has 3 N–H and O–H groups in total. The number of aliphatic hydroxyl groups is 1. The maximum absolute atomic E-state index is 12.9. The van der Waals surface area contributed by atoms with Gasteiger partial charge in [-0.25, -0.2) is 4.79 Å². The third-order valence-electron chi connectivity index (χ3n) is 5.50. The minimum Gasteiger partial charge on any atom is -0.497 e. The van der Waals surface area contributed by atoms with Crippen LogP contribution in [0.1, 0.15) is 26.3 Å². The molecule has 0 aromatic heterocycles. The molecule has 9 heteroatoms. The van der Waals surface area contributed by atoms with Crippen molar-refractivity contribution in [2.24, 2.45) is 0 Å². The Morgan fingerprint density at radius 2 is 1.51 bits per heavy atom. The number of amides is 1. The molecule has 3 aromatic rings. The van der Waals surface area contributed by atoms with Crippen LogP contribution in [0.5, 0.6) is 11.5 Å². The molecule has 0 unspecified atom stereocenters. The lowest BCUT2D eigenvalue weighted by atomic mass is 10.1. The van der Waals surface area contributed by atoms with Gasteiger partial charge in [-0.05, 0) is 93.5 Å². The fraction of sp³-hybridized carbons (Fsp3) is 0.333. The largest absolute Gasteiger partial charge is 0.497 e. The van der Waals surface area contributed by atoms with E-state index in [1.54, 1.807) is 7.11 Å². The summed E-state index contributed by atoms with van der Waals surface area (Å²) in [6.07, 6.45) is -0.765. The Bertz CT molecular complexity index is 1180. The van der Waals surface area contributed by atoms with Crippen molar-refractivity contribution in [1.29, 1.82) is 0 Å². The summed E-state index contributed by atoms with van der Waals surface area (Å²) in [7, 11) is 1.62.